The van der Waals surface area contributed by atoms with Gasteiger partial charge >= 0.3 is 0 Å². The molecule has 2 fully saturated rings. The third kappa shape index (κ3) is 3.31. The molecule has 0 spiro atoms. The molecule has 1 aromatic carbocycles. The molecule has 2 aromatic heterocycles. The summed E-state index contributed by atoms with van der Waals surface area (Å²) in [4.78, 5) is 18.4. The summed E-state index contributed by atoms with van der Waals surface area (Å²) in [7, 11) is 3.45. The van der Waals surface area contributed by atoms with Crippen molar-refractivity contribution in [2.75, 3.05) is 11.9 Å². The molecule has 2 aliphatic heterocycles. The van der Waals surface area contributed by atoms with E-state index in [1.807, 2.05) is 11.9 Å². The number of rotatable bonds is 3. The van der Waals surface area contributed by atoms with Crippen LogP contribution in [0.3, 0.4) is 0 Å². The minimum Gasteiger partial charge on any atom is -0.507 e. The van der Waals surface area contributed by atoms with Gasteiger partial charge in [-0.2, -0.15) is 0 Å². The first kappa shape index (κ1) is 19.8. The maximum absolute atomic E-state index is 14.0. The third-order valence-electron chi connectivity index (χ3n) is 6.43. The Bertz CT molecular complexity index is 1210. The predicted octanol–water partition coefficient (Wildman–Crippen LogP) is 2.06. The van der Waals surface area contributed by atoms with Crippen LogP contribution in [0, 0.1) is 0 Å². The number of phenolic OH excluding ortho intramolecular Hbond substituents is 1. The number of anilines is 1. The molecule has 5 rings (SSSR count). The minimum absolute atomic E-state index is 0.0862. The number of fused-ring (bicyclic) bond motifs is 3. The number of nitrogens with one attached hydrogen (secondary N) is 1. The van der Waals surface area contributed by atoms with E-state index in [1.54, 1.807) is 25.4 Å². The summed E-state index contributed by atoms with van der Waals surface area (Å²) in [5.41, 5.74) is 0.152. The van der Waals surface area contributed by atoms with Crippen molar-refractivity contribution in [1.29, 1.82) is 0 Å². The summed E-state index contributed by atoms with van der Waals surface area (Å²) in [6.07, 6.45) is 3.97. The standard InChI is InChI=1S/C21H22F2N6O2/c1-28-4-3-11-5-15(16(30)8-14(11)20(28)31)19-24-10-18(26-27-19)29(2)13-6-12-9-21(22,23)17(7-13)25-12/h3-5,8,10,12-13,17,25,30H,6-7,9H2,1-2H3. The maximum atomic E-state index is 14.0. The summed E-state index contributed by atoms with van der Waals surface area (Å²) in [5.74, 6) is -2.10. The zero-order chi connectivity index (χ0) is 21.9. The molecule has 0 aliphatic carbocycles. The van der Waals surface area contributed by atoms with Gasteiger partial charge in [0.15, 0.2) is 11.6 Å². The normalized spacial score (nSPS) is 24.5. The lowest BCUT2D eigenvalue weighted by molar-refractivity contribution is -0.0128. The van der Waals surface area contributed by atoms with Gasteiger partial charge in [0, 0.05) is 38.8 Å². The monoisotopic (exact) mass is 428 g/mol. The van der Waals surface area contributed by atoms with Gasteiger partial charge in [-0.15, -0.1) is 10.2 Å². The second kappa shape index (κ2) is 6.94. The van der Waals surface area contributed by atoms with Crippen LogP contribution in [0.25, 0.3) is 22.2 Å². The fourth-order valence-corrected chi connectivity index (χ4v) is 4.64. The number of aryl methyl sites for hydroxylation is 1. The molecule has 4 heterocycles. The number of benzene rings is 1. The molecule has 2 aliphatic rings. The van der Waals surface area contributed by atoms with Crippen molar-refractivity contribution in [1.82, 2.24) is 25.1 Å². The second-order valence-corrected chi connectivity index (χ2v) is 8.45. The van der Waals surface area contributed by atoms with Crippen molar-refractivity contribution >= 4 is 16.6 Å². The lowest BCUT2D eigenvalue weighted by Gasteiger charge is -2.35. The molecule has 8 nitrogen and oxygen atoms in total. The molecule has 2 bridgehead atoms. The zero-order valence-electron chi connectivity index (χ0n) is 17.1. The highest BCUT2D eigenvalue weighted by Gasteiger charge is 2.53. The Hall–Kier alpha value is -3.14. The first-order valence-electron chi connectivity index (χ1n) is 10.1. The summed E-state index contributed by atoms with van der Waals surface area (Å²) in [5, 5.41) is 22.8. The lowest BCUT2D eigenvalue weighted by Crippen LogP contribution is -2.50. The molecule has 0 saturated carbocycles. The highest BCUT2D eigenvalue weighted by atomic mass is 19.3. The van der Waals surface area contributed by atoms with Gasteiger partial charge in [0.05, 0.1) is 23.2 Å². The van der Waals surface area contributed by atoms with Crippen molar-refractivity contribution in [3.05, 3.63) is 40.9 Å². The van der Waals surface area contributed by atoms with E-state index in [2.05, 4.69) is 20.5 Å². The third-order valence-corrected chi connectivity index (χ3v) is 6.43. The smallest absolute Gasteiger partial charge is 0.264 e. The molecule has 2 N–H and O–H groups in total. The Morgan fingerprint density at radius 1 is 1.29 bits per heavy atom. The molecular weight excluding hydrogens is 406 g/mol. The SMILES string of the molecule is CN(c1cnc(-c2cc3ccn(C)c(=O)c3cc2O)nn1)C1CC2CC(F)(F)C(C1)N2. The number of alkyl halides is 2. The average molecular weight is 428 g/mol. The Morgan fingerprint density at radius 3 is 2.81 bits per heavy atom. The fourth-order valence-electron chi connectivity index (χ4n) is 4.64. The van der Waals surface area contributed by atoms with Crippen molar-refractivity contribution in [2.24, 2.45) is 7.05 Å². The molecule has 2 saturated heterocycles. The number of phenols is 1. The van der Waals surface area contributed by atoms with Gasteiger partial charge in [0.2, 0.25) is 0 Å². The number of hydrogen-bond acceptors (Lipinski definition) is 7. The van der Waals surface area contributed by atoms with Crippen LogP contribution in [0.1, 0.15) is 19.3 Å². The second-order valence-electron chi connectivity index (χ2n) is 8.45. The maximum Gasteiger partial charge on any atom is 0.264 e. The van der Waals surface area contributed by atoms with E-state index in [1.165, 1.54) is 16.8 Å². The lowest BCUT2D eigenvalue weighted by atomic mass is 9.98. The van der Waals surface area contributed by atoms with E-state index in [9.17, 15) is 18.7 Å². The largest absolute Gasteiger partial charge is 0.507 e. The molecule has 3 aromatic rings. The molecule has 10 heteroatoms. The van der Waals surface area contributed by atoms with Crippen LogP contribution in [0.5, 0.6) is 5.75 Å². The first-order chi connectivity index (χ1) is 14.7. The number of nitrogens with zero attached hydrogens (tertiary/aromatic N) is 5. The highest BCUT2D eigenvalue weighted by Crippen LogP contribution is 2.40. The number of aromatic nitrogens is 4. The summed E-state index contributed by atoms with van der Waals surface area (Å²) >= 11 is 0. The zero-order valence-corrected chi connectivity index (χ0v) is 17.1. The van der Waals surface area contributed by atoms with Gasteiger partial charge in [0.25, 0.3) is 11.5 Å². The number of piperidine rings is 1. The topological polar surface area (TPSA) is 96.2 Å². The molecule has 31 heavy (non-hydrogen) atoms. The van der Waals surface area contributed by atoms with Gasteiger partial charge in [-0.1, -0.05) is 0 Å². The van der Waals surface area contributed by atoms with Crippen LogP contribution in [0.2, 0.25) is 0 Å². The van der Waals surface area contributed by atoms with Crippen molar-refractivity contribution in [3.8, 4) is 17.1 Å². The van der Waals surface area contributed by atoms with E-state index in [4.69, 9.17) is 0 Å². The van der Waals surface area contributed by atoms with Gasteiger partial charge in [0.1, 0.15) is 5.75 Å². The van der Waals surface area contributed by atoms with E-state index < -0.39 is 12.0 Å². The van der Waals surface area contributed by atoms with Crippen molar-refractivity contribution < 1.29 is 13.9 Å². The van der Waals surface area contributed by atoms with E-state index in [0.29, 0.717) is 35.0 Å². The first-order valence-corrected chi connectivity index (χ1v) is 10.1. The van der Waals surface area contributed by atoms with Gasteiger partial charge in [-0.25, -0.2) is 13.8 Å². The average Bonchev–Trinajstić information content (AvgIpc) is 2.96. The summed E-state index contributed by atoms with van der Waals surface area (Å²) in [6, 6.07) is 3.72. The number of hydrogen-bond donors (Lipinski definition) is 2. The van der Waals surface area contributed by atoms with Crippen LogP contribution >= 0.6 is 0 Å². The Balaban J connectivity index is 1.41. The van der Waals surface area contributed by atoms with E-state index in [-0.39, 0.29) is 35.6 Å². The number of halogens is 2. The molecule has 0 amide bonds. The summed E-state index contributed by atoms with van der Waals surface area (Å²) < 4.78 is 29.5. The van der Waals surface area contributed by atoms with Crippen molar-refractivity contribution in [3.63, 3.8) is 0 Å². The summed E-state index contributed by atoms with van der Waals surface area (Å²) in [6.45, 7) is 0. The highest BCUT2D eigenvalue weighted by molar-refractivity contribution is 5.88. The van der Waals surface area contributed by atoms with Gasteiger partial charge in [-0.05, 0) is 36.4 Å². The predicted molar refractivity (Wildman–Crippen MR) is 111 cm³/mol. The van der Waals surface area contributed by atoms with Gasteiger partial charge in [-0.3, -0.25) is 4.79 Å². The molecule has 162 valence electrons. The van der Waals surface area contributed by atoms with E-state index in [0.717, 1.165) is 0 Å². The van der Waals surface area contributed by atoms with Crippen LogP contribution in [-0.4, -0.2) is 56.0 Å². The minimum atomic E-state index is -2.68. The van der Waals surface area contributed by atoms with Crippen LogP contribution in [0.4, 0.5) is 14.6 Å². The van der Waals surface area contributed by atoms with Crippen molar-refractivity contribution in [2.45, 2.75) is 43.3 Å². The fraction of sp³-hybridized carbons (Fsp3) is 0.429. The molecular formula is C21H22F2N6O2. The quantitative estimate of drug-likeness (QED) is 0.659. The van der Waals surface area contributed by atoms with Crippen LogP contribution in [0.15, 0.2) is 35.4 Å². The Kier molecular flexibility index (Phi) is 4.44. The van der Waals surface area contributed by atoms with Crippen LogP contribution < -0.4 is 15.8 Å². The molecule has 3 atom stereocenters. The van der Waals surface area contributed by atoms with Crippen LogP contribution in [-0.2, 0) is 7.05 Å². The number of pyridine rings is 1. The number of aromatic hydroxyl groups is 1. The molecule has 0 radical (unpaired) electrons. The van der Waals surface area contributed by atoms with Gasteiger partial charge < -0.3 is 19.9 Å². The van der Waals surface area contributed by atoms with E-state index >= 15 is 0 Å². The Morgan fingerprint density at radius 2 is 2.10 bits per heavy atom. The molecule has 3 unspecified atom stereocenters. The Labute approximate surface area is 176 Å².